The second-order valence-corrected chi connectivity index (χ2v) is 7.21. The fourth-order valence-electron chi connectivity index (χ4n) is 3.67. The Balaban J connectivity index is 1.63. The lowest BCUT2D eigenvalue weighted by molar-refractivity contribution is -0.141. The molecular weight excluding hydrogens is 342 g/mol. The Labute approximate surface area is 152 Å². The van der Waals surface area contributed by atoms with E-state index in [1.807, 2.05) is 24.3 Å². The van der Waals surface area contributed by atoms with Crippen molar-refractivity contribution in [1.29, 1.82) is 0 Å². The zero-order valence-electron chi connectivity index (χ0n) is 14.2. The van der Waals surface area contributed by atoms with Crippen LogP contribution in [0, 0.1) is 5.92 Å². The molecule has 0 aromatic heterocycles. The predicted molar refractivity (Wildman–Crippen MR) is 95.7 cm³/mol. The second kappa shape index (κ2) is 8.06. The highest BCUT2D eigenvalue weighted by molar-refractivity contribution is 6.30. The van der Waals surface area contributed by atoms with Crippen molar-refractivity contribution in [1.82, 2.24) is 15.1 Å². The first-order valence-electron chi connectivity index (χ1n) is 8.79. The number of carbonyl (C=O) groups is 2. The van der Waals surface area contributed by atoms with Crippen LogP contribution in [0.5, 0.6) is 0 Å². The van der Waals surface area contributed by atoms with Crippen molar-refractivity contribution in [3.05, 3.63) is 34.9 Å². The van der Waals surface area contributed by atoms with Crippen LogP contribution < -0.4 is 5.32 Å². The molecule has 3 rings (SSSR count). The van der Waals surface area contributed by atoms with Crippen molar-refractivity contribution < 1.29 is 14.7 Å². The van der Waals surface area contributed by atoms with Crippen molar-refractivity contribution in [2.45, 2.75) is 25.3 Å². The fraction of sp³-hybridized carbons (Fsp3) is 0.556. The predicted octanol–water partition coefficient (Wildman–Crippen LogP) is 2.59. The van der Waals surface area contributed by atoms with Gasteiger partial charge in [-0.1, -0.05) is 23.7 Å². The van der Waals surface area contributed by atoms with Crippen LogP contribution in [0.25, 0.3) is 0 Å². The summed E-state index contributed by atoms with van der Waals surface area (Å²) in [5, 5.41) is 12.8. The molecule has 25 heavy (non-hydrogen) atoms. The first-order chi connectivity index (χ1) is 12.0. The highest BCUT2D eigenvalue weighted by Crippen LogP contribution is 2.26. The van der Waals surface area contributed by atoms with Crippen molar-refractivity contribution in [3.63, 3.8) is 0 Å². The van der Waals surface area contributed by atoms with Crippen LogP contribution in [0.15, 0.2) is 24.3 Å². The Morgan fingerprint density at radius 1 is 1.28 bits per heavy atom. The number of rotatable bonds is 5. The summed E-state index contributed by atoms with van der Waals surface area (Å²) in [5.41, 5.74) is 1.10. The number of nitrogens with one attached hydrogen (secondary N) is 1. The van der Waals surface area contributed by atoms with Gasteiger partial charge < -0.3 is 15.3 Å². The summed E-state index contributed by atoms with van der Waals surface area (Å²) in [6.07, 6.45) is 2.85. The standard InChI is InChI=1S/C18H24ClN3O3/c19-15-5-3-4-13(10-15)16(21-7-1-2-8-21)11-20-18(25)22-9-6-14(12-22)17(23)24/h3-5,10,14,16H,1-2,6-9,11-12H2,(H,20,25)(H,23,24). The van der Waals surface area contributed by atoms with Gasteiger partial charge in [0.15, 0.2) is 0 Å². The summed E-state index contributed by atoms with van der Waals surface area (Å²) in [6, 6.07) is 7.67. The van der Waals surface area contributed by atoms with Gasteiger partial charge in [0.2, 0.25) is 0 Å². The molecule has 136 valence electrons. The molecule has 0 spiro atoms. The summed E-state index contributed by atoms with van der Waals surface area (Å²) in [7, 11) is 0. The van der Waals surface area contributed by atoms with E-state index in [2.05, 4.69) is 10.2 Å². The van der Waals surface area contributed by atoms with Crippen LogP contribution in [0.3, 0.4) is 0 Å². The Morgan fingerprint density at radius 2 is 2.04 bits per heavy atom. The Kier molecular flexibility index (Phi) is 5.81. The smallest absolute Gasteiger partial charge is 0.317 e. The van der Waals surface area contributed by atoms with E-state index in [-0.39, 0.29) is 18.6 Å². The van der Waals surface area contributed by atoms with Gasteiger partial charge in [-0.15, -0.1) is 0 Å². The average molecular weight is 366 g/mol. The van der Waals surface area contributed by atoms with Crippen LogP contribution in [0.1, 0.15) is 30.9 Å². The van der Waals surface area contributed by atoms with Crippen LogP contribution >= 0.6 is 11.6 Å². The summed E-state index contributed by atoms with van der Waals surface area (Å²) in [5.74, 6) is -1.28. The van der Waals surface area contributed by atoms with E-state index in [1.54, 1.807) is 4.90 Å². The molecule has 2 saturated heterocycles. The number of carboxylic acid groups (broad SMARTS) is 1. The van der Waals surface area contributed by atoms with Gasteiger partial charge in [0.05, 0.1) is 12.0 Å². The monoisotopic (exact) mass is 365 g/mol. The molecular formula is C18H24ClN3O3. The largest absolute Gasteiger partial charge is 0.481 e. The van der Waals surface area contributed by atoms with E-state index >= 15 is 0 Å². The molecule has 1 aromatic rings. The van der Waals surface area contributed by atoms with Gasteiger partial charge in [-0.05, 0) is 50.0 Å². The number of amides is 2. The first-order valence-corrected chi connectivity index (χ1v) is 9.17. The maximum atomic E-state index is 12.4. The van der Waals surface area contributed by atoms with Gasteiger partial charge in [0.25, 0.3) is 0 Å². The Morgan fingerprint density at radius 3 is 2.68 bits per heavy atom. The fourth-order valence-corrected chi connectivity index (χ4v) is 3.87. The van der Waals surface area contributed by atoms with Crippen molar-refractivity contribution in [2.75, 3.05) is 32.7 Å². The van der Waals surface area contributed by atoms with Crippen LogP contribution in [-0.4, -0.2) is 59.6 Å². The highest BCUT2D eigenvalue weighted by atomic mass is 35.5. The molecule has 6 nitrogen and oxygen atoms in total. The summed E-state index contributed by atoms with van der Waals surface area (Å²) in [6.45, 7) is 3.30. The lowest BCUT2D eigenvalue weighted by atomic mass is 10.1. The van der Waals surface area contributed by atoms with Gasteiger partial charge in [0.1, 0.15) is 0 Å². The number of halogens is 1. The number of urea groups is 1. The van der Waals surface area contributed by atoms with Gasteiger partial charge in [-0.2, -0.15) is 0 Å². The van der Waals surface area contributed by atoms with E-state index in [1.165, 1.54) is 0 Å². The number of hydrogen-bond donors (Lipinski definition) is 2. The topological polar surface area (TPSA) is 72.9 Å². The van der Waals surface area contributed by atoms with Crippen molar-refractivity contribution in [3.8, 4) is 0 Å². The molecule has 2 fully saturated rings. The van der Waals surface area contributed by atoms with Crippen molar-refractivity contribution in [2.24, 2.45) is 5.92 Å². The van der Waals surface area contributed by atoms with Gasteiger partial charge in [-0.3, -0.25) is 9.69 Å². The van der Waals surface area contributed by atoms with Crippen LogP contribution in [-0.2, 0) is 4.79 Å². The molecule has 2 amide bonds. The number of carbonyl (C=O) groups excluding carboxylic acids is 1. The molecule has 0 saturated carbocycles. The summed E-state index contributed by atoms with van der Waals surface area (Å²) >= 11 is 6.14. The Hall–Kier alpha value is -1.79. The van der Waals surface area contributed by atoms with E-state index in [4.69, 9.17) is 16.7 Å². The van der Waals surface area contributed by atoms with Crippen LogP contribution in [0.4, 0.5) is 4.79 Å². The number of likely N-dealkylation sites (tertiary alicyclic amines) is 2. The van der Waals surface area contributed by atoms with E-state index < -0.39 is 11.9 Å². The molecule has 0 radical (unpaired) electrons. The number of carboxylic acids is 1. The second-order valence-electron chi connectivity index (χ2n) is 6.77. The molecule has 2 aliphatic heterocycles. The number of nitrogens with zero attached hydrogens (tertiary/aromatic N) is 2. The third kappa shape index (κ3) is 4.44. The van der Waals surface area contributed by atoms with Crippen molar-refractivity contribution >= 4 is 23.6 Å². The molecule has 2 N–H and O–H groups in total. The lowest BCUT2D eigenvalue weighted by Gasteiger charge is -2.29. The van der Waals surface area contributed by atoms with E-state index in [0.717, 1.165) is 31.5 Å². The highest BCUT2D eigenvalue weighted by Gasteiger charge is 2.31. The minimum Gasteiger partial charge on any atom is -0.481 e. The maximum Gasteiger partial charge on any atom is 0.317 e. The molecule has 2 aliphatic rings. The summed E-state index contributed by atoms with van der Waals surface area (Å²) < 4.78 is 0. The van der Waals surface area contributed by atoms with Crippen LogP contribution in [0.2, 0.25) is 5.02 Å². The zero-order chi connectivity index (χ0) is 17.8. The first kappa shape index (κ1) is 18.0. The minimum atomic E-state index is -0.829. The van der Waals surface area contributed by atoms with E-state index in [9.17, 15) is 9.59 Å². The van der Waals surface area contributed by atoms with E-state index in [0.29, 0.717) is 24.5 Å². The third-order valence-corrected chi connectivity index (χ3v) is 5.32. The normalized spacial score (nSPS) is 22.1. The number of aliphatic carboxylic acids is 1. The molecule has 2 unspecified atom stereocenters. The van der Waals surface area contributed by atoms with Gasteiger partial charge in [0, 0.05) is 24.7 Å². The number of benzene rings is 1. The lowest BCUT2D eigenvalue weighted by Crippen LogP contribution is -2.43. The number of hydrogen-bond acceptors (Lipinski definition) is 3. The molecule has 0 bridgehead atoms. The minimum absolute atomic E-state index is 0.0861. The van der Waals surface area contributed by atoms with Gasteiger partial charge in [-0.25, -0.2) is 4.79 Å². The van der Waals surface area contributed by atoms with Gasteiger partial charge >= 0.3 is 12.0 Å². The molecule has 1 aromatic carbocycles. The Bertz CT molecular complexity index is 634. The maximum absolute atomic E-state index is 12.4. The molecule has 2 atom stereocenters. The quantitative estimate of drug-likeness (QED) is 0.841. The summed E-state index contributed by atoms with van der Waals surface area (Å²) in [4.78, 5) is 27.4. The molecule has 0 aliphatic carbocycles. The average Bonchev–Trinajstić information content (AvgIpc) is 3.27. The SMILES string of the molecule is O=C(O)C1CCN(C(=O)NCC(c2cccc(Cl)c2)N2CCCC2)C1. The molecule has 2 heterocycles. The molecule has 7 heteroatoms. The zero-order valence-corrected chi connectivity index (χ0v) is 14.9. The third-order valence-electron chi connectivity index (χ3n) is 5.09.